The van der Waals surface area contributed by atoms with Gasteiger partial charge in [0.05, 0.1) is 17.6 Å². The highest BCUT2D eigenvalue weighted by Gasteiger charge is 2.21. The van der Waals surface area contributed by atoms with Crippen LogP contribution in [0.2, 0.25) is 5.02 Å². The van der Waals surface area contributed by atoms with Gasteiger partial charge in [0.2, 0.25) is 0 Å². The summed E-state index contributed by atoms with van der Waals surface area (Å²) in [7, 11) is 0. The van der Waals surface area contributed by atoms with Crippen LogP contribution in [-0.4, -0.2) is 16.1 Å². The van der Waals surface area contributed by atoms with Crippen molar-refractivity contribution in [3.63, 3.8) is 0 Å². The second-order valence-corrected chi connectivity index (χ2v) is 6.83. The van der Waals surface area contributed by atoms with E-state index in [0.717, 1.165) is 5.56 Å². The van der Waals surface area contributed by atoms with Gasteiger partial charge in [-0.3, -0.25) is 4.79 Å². The lowest BCUT2D eigenvalue weighted by molar-refractivity contribution is -0.136. The van der Waals surface area contributed by atoms with Crippen molar-refractivity contribution in [1.29, 1.82) is 0 Å². The van der Waals surface area contributed by atoms with Crippen LogP contribution < -0.4 is 0 Å². The van der Waals surface area contributed by atoms with E-state index in [1.165, 1.54) is 6.07 Å². The van der Waals surface area contributed by atoms with Crippen LogP contribution in [0.25, 0.3) is 33.3 Å². The predicted molar refractivity (Wildman–Crippen MR) is 109 cm³/mol. The highest BCUT2D eigenvalue weighted by molar-refractivity contribution is 6.31. The first-order valence-electron chi connectivity index (χ1n) is 8.69. The van der Waals surface area contributed by atoms with Crippen LogP contribution in [0, 0.1) is 5.82 Å². The maximum absolute atomic E-state index is 14.8. The van der Waals surface area contributed by atoms with Crippen molar-refractivity contribution in [2.75, 3.05) is 0 Å². The average molecular weight is 392 g/mol. The highest BCUT2D eigenvalue weighted by atomic mass is 35.5. The van der Waals surface area contributed by atoms with Gasteiger partial charge in [0.25, 0.3) is 0 Å². The minimum Gasteiger partial charge on any atom is -0.481 e. The summed E-state index contributed by atoms with van der Waals surface area (Å²) in [4.78, 5) is 16.4. The topological polar surface area (TPSA) is 50.2 Å². The summed E-state index contributed by atoms with van der Waals surface area (Å²) in [5, 5.41) is 10.6. The zero-order valence-corrected chi connectivity index (χ0v) is 15.4. The number of hydrogen-bond donors (Lipinski definition) is 1. The Morgan fingerprint density at radius 1 is 1.00 bits per heavy atom. The Hall–Kier alpha value is -3.24. The van der Waals surface area contributed by atoms with E-state index < -0.39 is 11.8 Å². The van der Waals surface area contributed by atoms with Crippen LogP contribution in [0.5, 0.6) is 0 Å². The van der Waals surface area contributed by atoms with E-state index in [1.54, 1.807) is 36.4 Å². The van der Waals surface area contributed by atoms with Crippen LogP contribution in [0.1, 0.15) is 5.56 Å². The summed E-state index contributed by atoms with van der Waals surface area (Å²) < 4.78 is 14.8. The standard InChI is InChI=1S/C23H15ClFNO2/c24-15-10-11-20-17(12-15)22(16-8-4-5-9-19(16)25)18(13-21(27)28)23(26-20)14-6-2-1-3-7-14/h1-12H,13H2,(H,27,28). The van der Waals surface area contributed by atoms with Gasteiger partial charge in [-0.2, -0.15) is 0 Å². The number of carbonyl (C=O) groups is 1. The van der Waals surface area contributed by atoms with E-state index in [9.17, 15) is 14.3 Å². The number of aliphatic carboxylic acids is 1. The minimum atomic E-state index is -1.02. The van der Waals surface area contributed by atoms with Gasteiger partial charge in [-0.05, 0) is 35.4 Å². The molecule has 1 heterocycles. The lowest BCUT2D eigenvalue weighted by Gasteiger charge is -2.17. The molecule has 5 heteroatoms. The van der Waals surface area contributed by atoms with Gasteiger partial charge in [-0.1, -0.05) is 60.1 Å². The number of hydrogen-bond acceptors (Lipinski definition) is 2. The molecule has 0 radical (unpaired) electrons. The normalized spacial score (nSPS) is 10.9. The largest absolute Gasteiger partial charge is 0.481 e. The monoisotopic (exact) mass is 391 g/mol. The van der Waals surface area contributed by atoms with E-state index >= 15 is 0 Å². The molecule has 0 unspecified atom stereocenters. The number of pyridine rings is 1. The summed E-state index contributed by atoms with van der Waals surface area (Å²) in [5.41, 5.74) is 3.20. The number of halogens is 2. The van der Waals surface area contributed by atoms with Crippen LogP contribution in [0.3, 0.4) is 0 Å². The van der Waals surface area contributed by atoms with E-state index in [2.05, 4.69) is 0 Å². The van der Waals surface area contributed by atoms with Crippen molar-refractivity contribution in [1.82, 2.24) is 4.98 Å². The fraction of sp³-hybridized carbons (Fsp3) is 0.0435. The van der Waals surface area contributed by atoms with E-state index in [1.807, 2.05) is 30.3 Å². The van der Waals surface area contributed by atoms with Crippen molar-refractivity contribution in [3.05, 3.63) is 89.2 Å². The van der Waals surface area contributed by atoms with Gasteiger partial charge in [-0.15, -0.1) is 0 Å². The molecule has 4 rings (SSSR count). The van der Waals surface area contributed by atoms with Gasteiger partial charge < -0.3 is 5.11 Å². The third-order valence-corrected chi connectivity index (χ3v) is 4.80. The fourth-order valence-electron chi connectivity index (χ4n) is 3.40. The Labute approximate surface area is 166 Å². The molecule has 0 aliphatic heterocycles. The summed E-state index contributed by atoms with van der Waals surface area (Å²) in [5.74, 6) is -1.45. The highest BCUT2D eigenvalue weighted by Crippen LogP contribution is 2.39. The van der Waals surface area contributed by atoms with Crippen molar-refractivity contribution in [2.45, 2.75) is 6.42 Å². The van der Waals surface area contributed by atoms with Crippen molar-refractivity contribution in [3.8, 4) is 22.4 Å². The summed E-state index contributed by atoms with van der Waals surface area (Å²) in [6.45, 7) is 0. The number of fused-ring (bicyclic) bond motifs is 1. The maximum Gasteiger partial charge on any atom is 0.307 e. The lowest BCUT2D eigenvalue weighted by Crippen LogP contribution is -2.07. The molecule has 0 amide bonds. The predicted octanol–water partition coefficient (Wildman–Crippen LogP) is 5.99. The summed E-state index contributed by atoms with van der Waals surface area (Å²) in [6.07, 6.45) is -0.288. The number of benzene rings is 3. The van der Waals surface area contributed by atoms with E-state index in [0.29, 0.717) is 38.3 Å². The molecule has 0 aliphatic carbocycles. The average Bonchev–Trinajstić information content (AvgIpc) is 2.69. The third kappa shape index (κ3) is 3.35. The van der Waals surface area contributed by atoms with Gasteiger partial charge in [0, 0.05) is 21.5 Å². The number of carboxylic acids is 1. The maximum atomic E-state index is 14.8. The van der Waals surface area contributed by atoms with Crippen LogP contribution in [-0.2, 0) is 11.2 Å². The molecule has 0 aliphatic rings. The minimum absolute atomic E-state index is 0.288. The molecule has 0 saturated carbocycles. The Morgan fingerprint density at radius 3 is 2.43 bits per heavy atom. The number of carboxylic acid groups (broad SMARTS) is 1. The molecule has 138 valence electrons. The second-order valence-electron chi connectivity index (χ2n) is 6.39. The van der Waals surface area contributed by atoms with Gasteiger partial charge in [0.1, 0.15) is 5.82 Å². The Balaban J connectivity index is 2.18. The van der Waals surface area contributed by atoms with Gasteiger partial charge in [-0.25, -0.2) is 9.37 Å². The SMILES string of the molecule is O=C(O)Cc1c(-c2ccccc2)nc2ccc(Cl)cc2c1-c1ccccc1F. The molecular weight excluding hydrogens is 377 g/mol. The molecule has 0 fully saturated rings. The molecule has 1 N–H and O–H groups in total. The van der Waals surface area contributed by atoms with Gasteiger partial charge in [0.15, 0.2) is 0 Å². The third-order valence-electron chi connectivity index (χ3n) is 4.57. The van der Waals surface area contributed by atoms with Crippen LogP contribution in [0.15, 0.2) is 72.8 Å². The van der Waals surface area contributed by atoms with Crippen LogP contribution >= 0.6 is 11.6 Å². The zero-order valence-electron chi connectivity index (χ0n) is 14.7. The number of rotatable bonds is 4. The molecule has 0 bridgehead atoms. The molecule has 1 aromatic heterocycles. The second kappa shape index (κ2) is 7.41. The quantitative estimate of drug-likeness (QED) is 0.465. The van der Waals surface area contributed by atoms with E-state index in [4.69, 9.17) is 16.6 Å². The molecule has 3 aromatic carbocycles. The first-order valence-corrected chi connectivity index (χ1v) is 9.06. The number of aromatic nitrogens is 1. The summed E-state index contributed by atoms with van der Waals surface area (Å²) in [6, 6.07) is 20.8. The van der Waals surface area contributed by atoms with Gasteiger partial charge >= 0.3 is 5.97 Å². The molecule has 0 atom stereocenters. The number of nitrogens with zero attached hydrogens (tertiary/aromatic N) is 1. The molecule has 28 heavy (non-hydrogen) atoms. The smallest absolute Gasteiger partial charge is 0.307 e. The Bertz CT molecular complexity index is 1190. The first kappa shape index (κ1) is 18.1. The van der Waals surface area contributed by atoms with Crippen molar-refractivity contribution in [2.24, 2.45) is 0 Å². The fourth-order valence-corrected chi connectivity index (χ4v) is 3.58. The molecule has 0 spiro atoms. The summed E-state index contributed by atoms with van der Waals surface area (Å²) >= 11 is 6.19. The zero-order chi connectivity index (χ0) is 19.7. The Kier molecular flexibility index (Phi) is 4.80. The van der Waals surface area contributed by atoms with E-state index in [-0.39, 0.29) is 6.42 Å². The molecule has 0 saturated heterocycles. The first-order chi connectivity index (χ1) is 13.5. The van der Waals surface area contributed by atoms with Crippen LogP contribution in [0.4, 0.5) is 4.39 Å². The van der Waals surface area contributed by atoms with Crippen molar-refractivity contribution < 1.29 is 14.3 Å². The molecular formula is C23H15ClFNO2. The molecule has 4 aromatic rings. The Morgan fingerprint density at radius 2 is 1.71 bits per heavy atom. The van der Waals surface area contributed by atoms with Crippen molar-refractivity contribution >= 4 is 28.5 Å². The molecule has 3 nitrogen and oxygen atoms in total. The lowest BCUT2D eigenvalue weighted by atomic mass is 9.90.